The summed E-state index contributed by atoms with van der Waals surface area (Å²) in [5.41, 5.74) is 8.10. The topological polar surface area (TPSA) is 38.9 Å². The van der Waals surface area contributed by atoms with Crippen LogP contribution in [0.25, 0.3) is 0 Å². The van der Waals surface area contributed by atoms with Crippen molar-refractivity contribution in [1.82, 2.24) is 4.98 Å². The summed E-state index contributed by atoms with van der Waals surface area (Å²) in [5.74, 6) is 0. The first-order valence-electron chi connectivity index (χ1n) is 4.02. The largest absolute Gasteiger partial charge is 0.324 e. The van der Waals surface area contributed by atoms with Gasteiger partial charge in [0.05, 0.1) is 0 Å². The van der Waals surface area contributed by atoms with Gasteiger partial charge in [0, 0.05) is 12.2 Å². The Hall–Kier alpha value is -0.410. The van der Waals surface area contributed by atoms with Gasteiger partial charge in [-0.25, -0.2) is 4.98 Å². The fourth-order valence-electron chi connectivity index (χ4n) is 1.02. The van der Waals surface area contributed by atoms with Crippen molar-refractivity contribution in [3.8, 4) is 0 Å². The van der Waals surface area contributed by atoms with Gasteiger partial charge < -0.3 is 5.73 Å². The van der Waals surface area contributed by atoms with Crippen LogP contribution in [0.5, 0.6) is 0 Å². The molecule has 66 valence electrons. The number of nitrogens with zero attached hydrogens (tertiary/aromatic N) is 1. The first-order chi connectivity index (χ1) is 5.65. The van der Waals surface area contributed by atoms with E-state index in [1.54, 1.807) is 0 Å². The number of hydrogen-bond donors (Lipinski definition) is 1. The van der Waals surface area contributed by atoms with Crippen LogP contribution in [0, 0.1) is 6.92 Å². The lowest BCUT2D eigenvalue weighted by atomic mass is 10.1. The normalized spacial score (nSPS) is 13.0. The Kier molecular flexibility index (Phi) is 3.23. The maximum absolute atomic E-state index is 5.86. The average Bonchev–Trinajstić information content (AvgIpc) is 2.08. The van der Waals surface area contributed by atoms with E-state index in [9.17, 15) is 0 Å². The molecule has 2 nitrogen and oxygen atoms in total. The van der Waals surface area contributed by atoms with Crippen LogP contribution in [0.1, 0.15) is 30.5 Å². The van der Waals surface area contributed by atoms with Crippen LogP contribution in [-0.4, -0.2) is 4.98 Å². The average molecular weight is 229 g/mol. The quantitative estimate of drug-likeness (QED) is 0.791. The highest BCUT2D eigenvalue weighted by atomic mass is 79.9. The highest BCUT2D eigenvalue weighted by molar-refractivity contribution is 9.10. The maximum Gasteiger partial charge on any atom is 0.108 e. The van der Waals surface area contributed by atoms with Crippen molar-refractivity contribution in [2.45, 2.75) is 26.3 Å². The molecule has 0 fully saturated rings. The van der Waals surface area contributed by atoms with Gasteiger partial charge in [0.25, 0.3) is 0 Å². The Balaban J connectivity index is 2.96. The summed E-state index contributed by atoms with van der Waals surface area (Å²) in [5, 5.41) is 0. The molecule has 0 aliphatic carbocycles. The fourth-order valence-corrected chi connectivity index (χ4v) is 1.24. The Morgan fingerprint density at radius 3 is 2.83 bits per heavy atom. The molecule has 0 saturated heterocycles. The molecule has 2 N–H and O–H groups in total. The van der Waals surface area contributed by atoms with Gasteiger partial charge in [-0.15, -0.1) is 0 Å². The Labute approximate surface area is 81.3 Å². The lowest BCUT2D eigenvalue weighted by Crippen LogP contribution is -2.09. The standard InChI is InChI=1S/C9H13BrN2/c1-3-8(11)7-4-6(2)9(10)12-5-7/h4-5,8H,3,11H2,1-2H3. The fraction of sp³-hybridized carbons (Fsp3) is 0.444. The molecule has 1 rings (SSSR count). The van der Waals surface area contributed by atoms with Crippen LogP contribution in [0.15, 0.2) is 16.9 Å². The molecule has 0 aliphatic heterocycles. The van der Waals surface area contributed by atoms with Crippen molar-refractivity contribution in [3.05, 3.63) is 28.0 Å². The molecule has 0 aromatic carbocycles. The molecule has 3 heteroatoms. The Bertz CT molecular complexity index is 273. The number of halogens is 1. The molecule has 0 radical (unpaired) electrons. The summed E-state index contributed by atoms with van der Waals surface area (Å²) in [6, 6.07) is 2.19. The summed E-state index contributed by atoms with van der Waals surface area (Å²) in [6.45, 7) is 4.09. The molecule has 1 aromatic heterocycles. The van der Waals surface area contributed by atoms with Crippen molar-refractivity contribution >= 4 is 15.9 Å². The van der Waals surface area contributed by atoms with Crippen molar-refractivity contribution in [1.29, 1.82) is 0 Å². The number of pyridine rings is 1. The molecule has 1 unspecified atom stereocenters. The third-order valence-corrected chi connectivity index (χ3v) is 2.73. The summed E-state index contributed by atoms with van der Waals surface area (Å²) in [7, 11) is 0. The molecular formula is C9H13BrN2. The van der Waals surface area contributed by atoms with Crippen molar-refractivity contribution in [3.63, 3.8) is 0 Å². The van der Waals surface area contributed by atoms with Crippen molar-refractivity contribution in [2.24, 2.45) is 5.73 Å². The number of nitrogens with two attached hydrogens (primary N) is 1. The van der Waals surface area contributed by atoms with Crippen molar-refractivity contribution < 1.29 is 0 Å². The third kappa shape index (κ3) is 2.05. The maximum atomic E-state index is 5.86. The Morgan fingerprint density at radius 1 is 1.67 bits per heavy atom. The lowest BCUT2D eigenvalue weighted by Gasteiger charge is -2.09. The minimum Gasteiger partial charge on any atom is -0.324 e. The molecule has 1 aromatic rings. The monoisotopic (exact) mass is 228 g/mol. The second-order valence-electron chi connectivity index (χ2n) is 2.89. The molecule has 1 heterocycles. The summed E-state index contributed by atoms with van der Waals surface area (Å²) >= 11 is 3.35. The lowest BCUT2D eigenvalue weighted by molar-refractivity contribution is 0.694. The highest BCUT2D eigenvalue weighted by Crippen LogP contribution is 2.18. The highest BCUT2D eigenvalue weighted by Gasteiger charge is 2.04. The molecule has 0 aliphatic rings. The Morgan fingerprint density at radius 2 is 2.33 bits per heavy atom. The zero-order chi connectivity index (χ0) is 9.14. The van der Waals surface area contributed by atoms with Crippen LogP contribution in [0.4, 0.5) is 0 Å². The van der Waals surface area contributed by atoms with Crippen LogP contribution in [0.2, 0.25) is 0 Å². The van der Waals surface area contributed by atoms with Crippen LogP contribution >= 0.6 is 15.9 Å². The van der Waals surface area contributed by atoms with Gasteiger partial charge in [0.15, 0.2) is 0 Å². The van der Waals surface area contributed by atoms with Gasteiger partial charge in [-0.2, -0.15) is 0 Å². The molecule has 0 bridgehead atoms. The predicted molar refractivity (Wildman–Crippen MR) is 53.9 cm³/mol. The molecule has 12 heavy (non-hydrogen) atoms. The minimum atomic E-state index is 0.115. The van der Waals surface area contributed by atoms with Gasteiger partial charge in [-0.3, -0.25) is 0 Å². The van der Waals surface area contributed by atoms with E-state index >= 15 is 0 Å². The minimum absolute atomic E-state index is 0.115. The van der Waals surface area contributed by atoms with E-state index in [-0.39, 0.29) is 6.04 Å². The summed E-state index contributed by atoms with van der Waals surface area (Å²) < 4.78 is 0.898. The van der Waals surface area contributed by atoms with Crippen LogP contribution < -0.4 is 5.73 Å². The molecule has 0 spiro atoms. The van der Waals surface area contributed by atoms with Gasteiger partial charge in [-0.05, 0) is 40.4 Å². The summed E-state index contributed by atoms with van der Waals surface area (Å²) in [4.78, 5) is 4.18. The first kappa shape index (κ1) is 9.68. The van der Waals surface area contributed by atoms with Gasteiger partial charge in [0.2, 0.25) is 0 Å². The zero-order valence-corrected chi connectivity index (χ0v) is 8.93. The predicted octanol–water partition coefficient (Wildman–Crippen LogP) is 2.56. The van der Waals surface area contributed by atoms with E-state index in [0.29, 0.717) is 0 Å². The number of aryl methyl sites for hydroxylation is 1. The summed E-state index contributed by atoms with van der Waals surface area (Å²) in [6.07, 6.45) is 2.77. The van der Waals surface area contributed by atoms with E-state index in [0.717, 1.165) is 22.2 Å². The SMILES string of the molecule is CCC(N)c1cnc(Br)c(C)c1. The van der Waals surface area contributed by atoms with E-state index < -0.39 is 0 Å². The van der Waals surface area contributed by atoms with E-state index in [1.807, 2.05) is 13.1 Å². The van der Waals surface area contributed by atoms with Crippen LogP contribution in [0.3, 0.4) is 0 Å². The van der Waals surface area contributed by atoms with Gasteiger partial charge in [0.1, 0.15) is 4.60 Å². The third-order valence-electron chi connectivity index (χ3n) is 1.90. The molecule has 1 atom stereocenters. The molecule has 0 saturated carbocycles. The first-order valence-corrected chi connectivity index (χ1v) is 4.82. The molecular weight excluding hydrogens is 216 g/mol. The van der Waals surface area contributed by atoms with Gasteiger partial charge in [-0.1, -0.05) is 13.0 Å². The van der Waals surface area contributed by atoms with E-state index in [4.69, 9.17) is 5.73 Å². The second kappa shape index (κ2) is 4.01. The zero-order valence-electron chi connectivity index (χ0n) is 7.34. The number of aromatic nitrogens is 1. The van der Waals surface area contributed by atoms with E-state index in [1.165, 1.54) is 0 Å². The number of hydrogen-bond acceptors (Lipinski definition) is 2. The van der Waals surface area contributed by atoms with Crippen molar-refractivity contribution in [2.75, 3.05) is 0 Å². The molecule has 0 amide bonds. The van der Waals surface area contributed by atoms with Crippen LogP contribution in [-0.2, 0) is 0 Å². The second-order valence-corrected chi connectivity index (χ2v) is 3.64. The van der Waals surface area contributed by atoms with Gasteiger partial charge >= 0.3 is 0 Å². The van der Waals surface area contributed by atoms with E-state index in [2.05, 4.69) is 33.9 Å². The smallest absolute Gasteiger partial charge is 0.108 e. The number of rotatable bonds is 2.